The van der Waals surface area contributed by atoms with Crippen LogP contribution >= 0.6 is 0 Å². The zero-order chi connectivity index (χ0) is 18.9. The van der Waals surface area contributed by atoms with Gasteiger partial charge in [0.15, 0.2) is 0 Å². The molecule has 0 spiro atoms. The molecule has 0 saturated carbocycles. The molecule has 0 aliphatic carbocycles. The quantitative estimate of drug-likeness (QED) is 0.824. The van der Waals surface area contributed by atoms with E-state index in [4.69, 9.17) is 0 Å². The lowest BCUT2D eigenvalue weighted by molar-refractivity contribution is 0.0784. The second kappa shape index (κ2) is 7.48. The van der Waals surface area contributed by atoms with Crippen LogP contribution in [0.4, 0.5) is 5.95 Å². The average molecular weight is 382 g/mol. The Bertz CT molecular complexity index is 790. The molecule has 0 aromatic carbocycles. The van der Waals surface area contributed by atoms with Crippen LogP contribution in [0.15, 0.2) is 0 Å². The van der Waals surface area contributed by atoms with E-state index in [0.29, 0.717) is 36.6 Å². The van der Waals surface area contributed by atoms with Crippen molar-refractivity contribution in [1.29, 1.82) is 0 Å². The summed E-state index contributed by atoms with van der Waals surface area (Å²) in [6, 6.07) is 0. The molecule has 3 rings (SSSR count). The number of hydrogen-bond donors (Lipinski definition) is 1. The van der Waals surface area contributed by atoms with Gasteiger partial charge in [-0.3, -0.25) is 4.79 Å². The van der Waals surface area contributed by atoms with E-state index in [1.165, 1.54) is 4.31 Å². The molecule has 1 aromatic heterocycles. The molecule has 0 unspecified atom stereocenters. The highest BCUT2D eigenvalue weighted by atomic mass is 32.2. The molecule has 8 nitrogen and oxygen atoms in total. The summed E-state index contributed by atoms with van der Waals surface area (Å²) in [5, 5.41) is 2.46. The topological polar surface area (TPSA) is 95.5 Å². The van der Waals surface area contributed by atoms with Crippen molar-refractivity contribution in [3.05, 3.63) is 17.0 Å². The predicted molar refractivity (Wildman–Crippen MR) is 99.5 cm³/mol. The number of carbonyl (C=O) groups excluding carboxylic acids is 1. The molecule has 1 saturated heterocycles. The number of anilines is 1. The van der Waals surface area contributed by atoms with E-state index < -0.39 is 15.3 Å². The molecular formula is C17H27N5O3S. The lowest BCUT2D eigenvalue weighted by Gasteiger charge is -2.31. The number of carbonyl (C=O) groups is 1. The lowest BCUT2D eigenvalue weighted by Crippen LogP contribution is -2.42. The number of amides is 1. The monoisotopic (exact) mass is 381 g/mol. The Labute approximate surface area is 155 Å². The van der Waals surface area contributed by atoms with Gasteiger partial charge in [-0.15, -0.1) is 0 Å². The van der Waals surface area contributed by atoms with Crippen molar-refractivity contribution in [1.82, 2.24) is 19.2 Å². The molecule has 144 valence electrons. The Morgan fingerprint density at radius 3 is 2.54 bits per heavy atom. The van der Waals surface area contributed by atoms with Crippen molar-refractivity contribution in [3.63, 3.8) is 0 Å². The van der Waals surface area contributed by atoms with Gasteiger partial charge >= 0.3 is 0 Å². The minimum Gasteiger partial charge on any atom is -0.357 e. The first-order valence-corrected chi connectivity index (χ1v) is 10.7. The van der Waals surface area contributed by atoms with Crippen molar-refractivity contribution in [3.8, 4) is 0 Å². The van der Waals surface area contributed by atoms with Crippen molar-refractivity contribution >= 4 is 21.9 Å². The van der Waals surface area contributed by atoms with Crippen LogP contribution in [0.1, 0.15) is 54.9 Å². The van der Waals surface area contributed by atoms with E-state index in [1.54, 1.807) is 18.9 Å². The molecule has 1 aromatic rings. The van der Waals surface area contributed by atoms with Crippen LogP contribution in [0.25, 0.3) is 0 Å². The van der Waals surface area contributed by atoms with Crippen LogP contribution in [0, 0.1) is 0 Å². The standard InChI is InChI=1S/C17H27N5O3S/c1-4-12(2)26(24,25)22-10-7-14-13(11-22)15(20-17(18-3)19-14)16(23)21-8-5-6-9-21/h12H,4-11H2,1-3H3,(H,18,19,20)/t12-/m1/s1. The highest BCUT2D eigenvalue weighted by molar-refractivity contribution is 7.89. The third-order valence-electron chi connectivity index (χ3n) is 5.29. The minimum absolute atomic E-state index is 0.125. The van der Waals surface area contributed by atoms with Crippen LogP contribution < -0.4 is 5.32 Å². The van der Waals surface area contributed by atoms with Gasteiger partial charge in [0, 0.05) is 45.2 Å². The average Bonchev–Trinajstić information content (AvgIpc) is 3.19. The summed E-state index contributed by atoms with van der Waals surface area (Å²) in [6.45, 7) is 5.59. The number of sulfonamides is 1. The SMILES string of the molecule is CC[C@@H](C)S(=O)(=O)N1CCc2nc(NC)nc(C(=O)N3CCCC3)c2C1. The fourth-order valence-electron chi connectivity index (χ4n) is 3.43. The predicted octanol–water partition coefficient (Wildman–Crippen LogP) is 1.24. The van der Waals surface area contributed by atoms with E-state index >= 15 is 0 Å². The number of hydrogen-bond acceptors (Lipinski definition) is 6. The summed E-state index contributed by atoms with van der Waals surface area (Å²) in [4.78, 5) is 23.6. The molecule has 1 fully saturated rings. The summed E-state index contributed by atoms with van der Waals surface area (Å²) in [6.07, 6.45) is 3.03. The second-order valence-electron chi connectivity index (χ2n) is 6.92. The summed E-state index contributed by atoms with van der Waals surface area (Å²) in [7, 11) is -1.68. The third kappa shape index (κ3) is 3.42. The molecule has 1 atom stereocenters. The van der Waals surface area contributed by atoms with Crippen LogP contribution in [-0.2, 0) is 23.0 Å². The number of nitrogens with one attached hydrogen (secondary N) is 1. The highest BCUT2D eigenvalue weighted by Gasteiger charge is 2.35. The van der Waals surface area contributed by atoms with Gasteiger partial charge in [0.25, 0.3) is 5.91 Å². The van der Waals surface area contributed by atoms with Gasteiger partial charge < -0.3 is 10.2 Å². The molecule has 1 amide bonds. The number of nitrogens with zero attached hydrogens (tertiary/aromatic N) is 4. The van der Waals surface area contributed by atoms with E-state index in [-0.39, 0.29) is 12.5 Å². The van der Waals surface area contributed by atoms with Crippen molar-refractivity contribution in [2.24, 2.45) is 0 Å². The molecule has 0 bridgehead atoms. The summed E-state index contributed by atoms with van der Waals surface area (Å²) >= 11 is 0. The molecule has 0 radical (unpaired) electrons. The van der Waals surface area contributed by atoms with Crippen LogP contribution in [-0.4, -0.2) is 65.4 Å². The number of aromatic nitrogens is 2. The number of rotatable bonds is 5. The van der Waals surface area contributed by atoms with Gasteiger partial charge in [-0.1, -0.05) is 6.92 Å². The Morgan fingerprint density at radius 1 is 1.23 bits per heavy atom. The Balaban J connectivity index is 1.99. The zero-order valence-electron chi connectivity index (χ0n) is 15.7. The molecule has 2 aliphatic heterocycles. The Morgan fingerprint density at radius 2 is 1.92 bits per heavy atom. The maximum absolute atomic E-state index is 13.0. The van der Waals surface area contributed by atoms with E-state index in [9.17, 15) is 13.2 Å². The van der Waals surface area contributed by atoms with E-state index in [2.05, 4.69) is 15.3 Å². The Kier molecular flexibility index (Phi) is 5.47. The molecule has 2 aliphatic rings. The van der Waals surface area contributed by atoms with Gasteiger partial charge in [-0.2, -0.15) is 4.31 Å². The van der Waals surface area contributed by atoms with Gasteiger partial charge in [-0.25, -0.2) is 18.4 Å². The molecular weight excluding hydrogens is 354 g/mol. The smallest absolute Gasteiger partial charge is 0.273 e. The number of likely N-dealkylation sites (tertiary alicyclic amines) is 1. The lowest BCUT2D eigenvalue weighted by atomic mass is 10.0. The first-order chi connectivity index (χ1) is 12.4. The van der Waals surface area contributed by atoms with Gasteiger partial charge in [0.1, 0.15) is 5.69 Å². The van der Waals surface area contributed by atoms with Gasteiger partial charge in [0.2, 0.25) is 16.0 Å². The van der Waals surface area contributed by atoms with E-state index in [0.717, 1.165) is 31.6 Å². The minimum atomic E-state index is -3.39. The number of fused-ring (bicyclic) bond motifs is 1. The van der Waals surface area contributed by atoms with Crippen molar-refractivity contribution in [2.75, 3.05) is 32.0 Å². The zero-order valence-corrected chi connectivity index (χ0v) is 16.5. The first-order valence-electron chi connectivity index (χ1n) is 9.24. The summed E-state index contributed by atoms with van der Waals surface area (Å²) in [5.41, 5.74) is 1.76. The first kappa shape index (κ1) is 19.0. The largest absolute Gasteiger partial charge is 0.357 e. The molecule has 3 heterocycles. The second-order valence-corrected chi connectivity index (χ2v) is 9.27. The molecule has 9 heteroatoms. The molecule has 26 heavy (non-hydrogen) atoms. The Hall–Kier alpha value is -1.74. The van der Waals surface area contributed by atoms with Crippen molar-refractivity contribution in [2.45, 2.75) is 51.3 Å². The van der Waals surface area contributed by atoms with Crippen molar-refractivity contribution < 1.29 is 13.2 Å². The summed E-state index contributed by atoms with van der Waals surface area (Å²) in [5.74, 6) is 0.282. The summed E-state index contributed by atoms with van der Waals surface area (Å²) < 4.78 is 27.0. The fraction of sp³-hybridized carbons (Fsp3) is 0.706. The van der Waals surface area contributed by atoms with Crippen LogP contribution in [0.5, 0.6) is 0 Å². The maximum Gasteiger partial charge on any atom is 0.273 e. The van der Waals surface area contributed by atoms with Gasteiger partial charge in [0.05, 0.1) is 10.9 Å². The normalized spacial score (nSPS) is 19.3. The van der Waals surface area contributed by atoms with Crippen LogP contribution in [0.3, 0.4) is 0 Å². The maximum atomic E-state index is 13.0. The third-order valence-corrected chi connectivity index (χ3v) is 7.67. The molecule has 1 N–H and O–H groups in total. The van der Waals surface area contributed by atoms with E-state index in [1.807, 2.05) is 6.92 Å². The van der Waals surface area contributed by atoms with Crippen LogP contribution in [0.2, 0.25) is 0 Å². The fourth-order valence-corrected chi connectivity index (χ4v) is 5.02. The highest BCUT2D eigenvalue weighted by Crippen LogP contribution is 2.27. The van der Waals surface area contributed by atoms with Gasteiger partial charge in [-0.05, 0) is 26.2 Å².